The van der Waals surface area contributed by atoms with E-state index in [9.17, 15) is 4.79 Å². The highest BCUT2D eigenvalue weighted by Gasteiger charge is 2.16. The minimum Gasteiger partial charge on any atom is -0.367 e. The van der Waals surface area contributed by atoms with Gasteiger partial charge < -0.3 is 5.32 Å². The first-order chi connectivity index (χ1) is 7.41. The first-order valence-corrected chi connectivity index (χ1v) is 5.72. The van der Waals surface area contributed by atoms with Crippen LogP contribution in [0.2, 0.25) is 0 Å². The fraction of sp³-hybridized carbons (Fsp3) is 0.455. The molecule has 0 aliphatic carbocycles. The molecular formula is C11H14BrN3O. The third kappa shape index (κ3) is 2.64. The highest BCUT2D eigenvalue weighted by Crippen LogP contribution is 2.20. The number of terminal acetylenes is 1. The molecule has 1 aromatic rings. The Balaban J connectivity index is 3.15. The number of hydrogen-bond acceptors (Lipinski definition) is 3. The lowest BCUT2D eigenvalue weighted by Gasteiger charge is -2.21. The number of nitrogens with zero attached hydrogens (tertiary/aromatic N) is 2. The maximum absolute atomic E-state index is 11.8. The van der Waals surface area contributed by atoms with Crippen LogP contribution in [0.25, 0.3) is 0 Å². The van der Waals surface area contributed by atoms with Crippen molar-refractivity contribution in [3.63, 3.8) is 0 Å². The molecule has 16 heavy (non-hydrogen) atoms. The van der Waals surface area contributed by atoms with Gasteiger partial charge in [0.2, 0.25) is 0 Å². The van der Waals surface area contributed by atoms with Crippen molar-refractivity contribution in [3.8, 4) is 12.3 Å². The number of rotatable bonds is 3. The highest BCUT2D eigenvalue weighted by atomic mass is 79.9. The molecule has 0 radical (unpaired) electrons. The predicted molar refractivity (Wildman–Crippen MR) is 68.4 cm³/mol. The number of halogens is 1. The van der Waals surface area contributed by atoms with Crippen LogP contribution in [0.4, 0.5) is 5.69 Å². The van der Waals surface area contributed by atoms with E-state index >= 15 is 0 Å². The summed E-state index contributed by atoms with van der Waals surface area (Å²) in [7, 11) is 0. The smallest absolute Gasteiger partial charge is 0.283 e. The molecule has 0 saturated carbocycles. The van der Waals surface area contributed by atoms with Crippen LogP contribution in [0.15, 0.2) is 15.5 Å². The molecule has 0 atom stereocenters. The lowest BCUT2D eigenvalue weighted by Crippen LogP contribution is -2.31. The van der Waals surface area contributed by atoms with Gasteiger partial charge in [0.1, 0.15) is 4.47 Å². The molecule has 1 aromatic heterocycles. The summed E-state index contributed by atoms with van der Waals surface area (Å²) in [5, 5.41) is 7.09. The summed E-state index contributed by atoms with van der Waals surface area (Å²) in [5.74, 6) is 2.60. The van der Waals surface area contributed by atoms with Gasteiger partial charge in [-0.15, -0.1) is 6.42 Å². The molecule has 0 fully saturated rings. The van der Waals surface area contributed by atoms with Crippen LogP contribution >= 0.6 is 15.9 Å². The molecule has 1 heterocycles. The summed E-state index contributed by atoms with van der Waals surface area (Å²) in [4.78, 5) is 11.8. The molecule has 0 aliphatic rings. The van der Waals surface area contributed by atoms with Gasteiger partial charge in [-0.1, -0.05) is 5.92 Å². The molecule has 0 saturated heterocycles. The minimum absolute atomic E-state index is 0.166. The van der Waals surface area contributed by atoms with Gasteiger partial charge >= 0.3 is 0 Å². The third-order valence-corrected chi connectivity index (χ3v) is 2.86. The van der Waals surface area contributed by atoms with Crippen molar-refractivity contribution < 1.29 is 0 Å². The van der Waals surface area contributed by atoms with Gasteiger partial charge in [0.15, 0.2) is 0 Å². The predicted octanol–water partition coefficient (Wildman–Crippen LogP) is 1.85. The van der Waals surface area contributed by atoms with Gasteiger partial charge in [0.05, 0.1) is 17.4 Å². The number of hydrogen-bond donors (Lipinski definition) is 1. The summed E-state index contributed by atoms with van der Waals surface area (Å²) in [6.45, 7) is 6.10. The Labute approximate surface area is 103 Å². The van der Waals surface area contributed by atoms with Gasteiger partial charge in [-0.25, -0.2) is 4.68 Å². The van der Waals surface area contributed by atoms with Gasteiger partial charge in [-0.2, -0.15) is 5.10 Å². The van der Waals surface area contributed by atoms with Crippen LogP contribution in [0.5, 0.6) is 0 Å². The van der Waals surface area contributed by atoms with E-state index in [2.05, 4.69) is 32.3 Å². The van der Waals surface area contributed by atoms with Gasteiger partial charge in [0.25, 0.3) is 5.56 Å². The molecule has 0 aliphatic heterocycles. The molecule has 0 unspecified atom stereocenters. The van der Waals surface area contributed by atoms with Crippen molar-refractivity contribution in [1.29, 1.82) is 0 Å². The zero-order valence-corrected chi connectivity index (χ0v) is 11.1. The van der Waals surface area contributed by atoms with E-state index in [1.54, 1.807) is 6.20 Å². The van der Waals surface area contributed by atoms with E-state index in [0.717, 1.165) is 0 Å². The Morgan fingerprint density at radius 1 is 1.69 bits per heavy atom. The molecule has 0 aromatic carbocycles. The Morgan fingerprint density at radius 2 is 2.31 bits per heavy atom. The monoisotopic (exact) mass is 283 g/mol. The van der Waals surface area contributed by atoms with E-state index in [4.69, 9.17) is 6.42 Å². The van der Waals surface area contributed by atoms with Crippen LogP contribution in [0, 0.1) is 12.3 Å². The SMILES string of the molecule is C#CC(C)(C)Nc1cnn(CC)c(=O)c1Br. The van der Waals surface area contributed by atoms with Crippen LogP contribution < -0.4 is 10.9 Å². The Hall–Kier alpha value is -1.28. The fourth-order valence-electron chi connectivity index (χ4n) is 1.15. The molecule has 4 nitrogen and oxygen atoms in total. The van der Waals surface area contributed by atoms with Crippen molar-refractivity contribution >= 4 is 21.6 Å². The summed E-state index contributed by atoms with van der Waals surface area (Å²) >= 11 is 3.25. The zero-order chi connectivity index (χ0) is 12.3. The molecule has 1 N–H and O–H groups in total. The second-order valence-electron chi connectivity index (χ2n) is 3.89. The standard InChI is InChI=1S/C11H14BrN3O/c1-5-11(3,4)14-8-7-13-15(6-2)10(16)9(8)12/h1,7,14H,6H2,2-4H3. The lowest BCUT2D eigenvalue weighted by atomic mass is 10.1. The van der Waals surface area contributed by atoms with E-state index < -0.39 is 5.54 Å². The fourth-order valence-corrected chi connectivity index (χ4v) is 1.56. The van der Waals surface area contributed by atoms with Crippen molar-refractivity contribution in [1.82, 2.24) is 9.78 Å². The van der Waals surface area contributed by atoms with Gasteiger partial charge in [0, 0.05) is 6.54 Å². The number of aryl methyl sites for hydroxylation is 1. The molecule has 5 heteroatoms. The number of aromatic nitrogens is 2. The van der Waals surface area contributed by atoms with Crippen LogP contribution in [0.3, 0.4) is 0 Å². The second-order valence-corrected chi connectivity index (χ2v) is 4.68. The first kappa shape index (κ1) is 12.8. The normalized spacial score (nSPS) is 10.9. The molecular weight excluding hydrogens is 270 g/mol. The molecule has 86 valence electrons. The quantitative estimate of drug-likeness (QED) is 0.862. The average Bonchev–Trinajstić information content (AvgIpc) is 2.25. The Morgan fingerprint density at radius 3 is 2.81 bits per heavy atom. The van der Waals surface area contributed by atoms with Crippen LogP contribution in [0.1, 0.15) is 20.8 Å². The minimum atomic E-state index is -0.519. The highest BCUT2D eigenvalue weighted by molar-refractivity contribution is 9.10. The summed E-state index contributed by atoms with van der Waals surface area (Å²) in [5.41, 5.74) is -0.0762. The zero-order valence-electron chi connectivity index (χ0n) is 9.54. The van der Waals surface area contributed by atoms with Crippen LogP contribution in [-0.4, -0.2) is 15.3 Å². The largest absolute Gasteiger partial charge is 0.367 e. The second kappa shape index (κ2) is 4.71. The van der Waals surface area contributed by atoms with Crippen LogP contribution in [-0.2, 0) is 6.54 Å². The van der Waals surface area contributed by atoms with Crippen molar-refractivity contribution in [3.05, 3.63) is 21.0 Å². The summed E-state index contributed by atoms with van der Waals surface area (Å²) in [6.07, 6.45) is 6.96. The van der Waals surface area contributed by atoms with E-state index in [-0.39, 0.29) is 5.56 Å². The maximum atomic E-state index is 11.8. The first-order valence-electron chi connectivity index (χ1n) is 4.93. The molecule has 0 amide bonds. The molecule has 0 spiro atoms. The van der Waals surface area contributed by atoms with E-state index in [0.29, 0.717) is 16.7 Å². The van der Waals surface area contributed by atoms with Gasteiger partial charge in [-0.3, -0.25) is 4.79 Å². The average molecular weight is 284 g/mol. The Kier molecular flexibility index (Phi) is 3.76. The van der Waals surface area contributed by atoms with E-state index in [1.807, 2.05) is 20.8 Å². The number of anilines is 1. The van der Waals surface area contributed by atoms with Crippen molar-refractivity contribution in [2.24, 2.45) is 0 Å². The lowest BCUT2D eigenvalue weighted by molar-refractivity contribution is 0.610. The summed E-state index contributed by atoms with van der Waals surface area (Å²) < 4.78 is 1.82. The van der Waals surface area contributed by atoms with E-state index in [1.165, 1.54) is 4.68 Å². The van der Waals surface area contributed by atoms with Gasteiger partial charge in [-0.05, 0) is 36.7 Å². The van der Waals surface area contributed by atoms with Crippen molar-refractivity contribution in [2.75, 3.05) is 5.32 Å². The number of nitrogens with one attached hydrogen (secondary N) is 1. The topological polar surface area (TPSA) is 46.9 Å². The molecule has 1 rings (SSSR count). The molecule has 0 bridgehead atoms. The third-order valence-electron chi connectivity index (χ3n) is 2.09. The Bertz CT molecular complexity index is 485. The maximum Gasteiger partial charge on any atom is 0.283 e. The van der Waals surface area contributed by atoms with Crippen molar-refractivity contribution in [2.45, 2.75) is 32.9 Å². The summed E-state index contributed by atoms with van der Waals surface area (Å²) in [6, 6.07) is 0.